The van der Waals surface area contributed by atoms with Crippen molar-refractivity contribution < 1.29 is 5.11 Å². The van der Waals surface area contributed by atoms with Gasteiger partial charge in [-0.25, -0.2) is 0 Å². The molecule has 0 amide bonds. The molecule has 5 heavy (non-hydrogen) atoms. The van der Waals surface area contributed by atoms with E-state index in [1.54, 1.807) is 22.3 Å². The first-order chi connectivity index (χ1) is 2.41. The third-order valence-corrected chi connectivity index (χ3v) is 1.22. The van der Waals surface area contributed by atoms with Crippen molar-refractivity contribution in [3.05, 3.63) is 0 Å². The summed E-state index contributed by atoms with van der Waals surface area (Å²) in [5.41, 5.74) is 0. The first kappa shape index (κ1) is 5.75. The summed E-state index contributed by atoms with van der Waals surface area (Å²) >= 11 is 1.76. The molecule has 0 fully saturated rings. The quantitative estimate of drug-likeness (QED) is 0.588. The summed E-state index contributed by atoms with van der Waals surface area (Å²) in [5.74, 6) is 0. The summed E-state index contributed by atoms with van der Waals surface area (Å²) in [6.07, 6.45) is 0.967. The maximum absolute atomic E-state index is 8.07. The number of rotatable bonds is 2. The molecule has 0 aromatic carbocycles. The predicted molar refractivity (Wildman–Crippen MR) is 23.7 cm³/mol. The van der Waals surface area contributed by atoms with Crippen LogP contribution in [-0.2, 0) is 0 Å². The van der Waals surface area contributed by atoms with Crippen LogP contribution in [0.4, 0.5) is 0 Å². The van der Waals surface area contributed by atoms with Crippen LogP contribution in [0.2, 0.25) is 4.47 Å². The van der Waals surface area contributed by atoms with Crippen LogP contribution in [0.5, 0.6) is 0 Å². The van der Waals surface area contributed by atoms with Gasteiger partial charge in [-0.15, -0.1) is 0 Å². The van der Waals surface area contributed by atoms with E-state index in [2.05, 4.69) is 0 Å². The average Bonchev–Trinajstić information content (AvgIpc) is 1.41. The van der Waals surface area contributed by atoms with Gasteiger partial charge in [-0.1, -0.05) is 0 Å². The van der Waals surface area contributed by atoms with Gasteiger partial charge in [0.15, 0.2) is 0 Å². The molecule has 1 N–H and O–H groups in total. The van der Waals surface area contributed by atoms with Crippen LogP contribution in [0.1, 0.15) is 6.42 Å². The first-order valence-corrected chi connectivity index (χ1v) is 3.44. The van der Waals surface area contributed by atoms with E-state index >= 15 is 0 Å². The Labute approximate surface area is 45.3 Å². The molecule has 0 rings (SSSR count). The van der Waals surface area contributed by atoms with Gasteiger partial charge >= 0.3 is 44.9 Å². The molecule has 0 aromatic heterocycles. The Balaban J connectivity index is 2.19. The number of hydrogen-bond acceptors (Lipinski definition) is 1. The van der Waals surface area contributed by atoms with Gasteiger partial charge < -0.3 is 0 Å². The molecule has 0 heterocycles. The standard InChI is InChI=1S/C3H8OTe/c4-2-1-3-5/h4-5H,1-3H2. The van der Waals surface area contributed by atoms with E-state index in [1.165, 1.54) is 0 Å². The van der Waals surface area contributed by atoms with Crippen LogP contribution < -0.4 is 0 Å². The topological polar surface area (TPSA) is 20.2 Å². The second-order valence-corrected chi connectivity index (χ2v) is 2.08. The molecule has 0 atom stereocenters. The van der Waals surface area contributed by atoms with Gasteiger partial charge in [0.2, 0.25) is 0 Å². The summed E-state index contributed by atoms with van der Waals surface area (Å²) in [6, 6.07) is 0. The molecule has 0 saturated heterocycles. The van der Waals surface area contributed by atoms with Crippen molar-refractivity contribution in [3.63, 3.8) is 0 Å². The van der Waals surface area contributed by atoms with Gasteiger partial charge in [0.1, 0.15) is 0 Å². The third kappa shape index (κ3) is 4.75. The molecule has 0 aromatic rings. The molecule has 0 bridgehead atoms. The minimum atomic E-state index is 0.356. The molecule has 0 unspecified atom stereocenters. The fraction of sp³-hybridized carbons (Fsp3) is 1.00. The summed E-state index contributed by atoms with van der Waals surface area (Å²) in [5, 5.41) is 8.07. The molecular formula is C3H8OTe. The molecule has 1 nitrogen and oxygen atoms in total. The van der Waals surface area contributed by atoms with Crippen LogP contribution >= 0.6 is 0 Å². The van der Waals surface area contributed by atoms with Gasteiger partial charge in [-0.2, -0.15) is 0 Å². The molecule has 0 aliphatic heterocycles. The zero-order valence-electron chi connectivity index (χ0n) is 3.02. The number of hydrogen-bond donors (Lipinski definition) is 1. The van der Waals surface area contributed by atoms with Gasteiger partial charge in [-0.05, 0) is 0 Å². The van der Waals surface area contributed by atoms with E-state index < -0.39 is 0 Å². The van der Waals surface area contributed by atoms with E-state index in [0.717, 1.165) is 10.9 Å². The van der Waals surface area contributed by atoms with Gasteiger partial charge in [-0.3, -0.25) is 0 Å². The molecule has 2 heteroatoms. The second kappa shape index (κ2) is 4.75. The van der Waals surface area contributed by atoms with Crippen molar-refractivity contribution in [1.82, 2.24) is 0 Å². The van der Waals surface area contributed by atoms with E-state index in [1.807, 2.05) is 0 Å². The average molecular weight is 188 g/mol. The molecule has 0 radical (unpaired) electrons. The summed E-state index contributed by atoms with van der Waals surface area (Å²) in [4.78, 5) is 0. The van der Waals surface area contributed by atoms with Crippen molar-refractivity contribution in [2.75, 3.05) is 6.61 Å². The summed E-state index contributed by atoms with van der Waals surface area (Å²) in [6.45, 7) is 0.356. The molecular weight excluding hydrogens is 180 g/mol. The van der Waals surface area contributed by atoms with Crippen molar-refractivity contribution in [2.45, 2.75) is 10.9 Å². The zero-order valence-corrected chi connectivity index (χ0v) is 5.57. The third-order valence-electron chi connectivity index (χ3n) is 0.316. The van der Waals surface area contributed by atoms with Gasteiger partial charge in [0.05, 0.1) is 0 Å². The van der Waals surface area contributed by atoms with Crippen molar-refractivity contribution in [1.29, 1.82) is 0 Å². The fourth-order valence-corrected chi connectivity index (χ4v) is 0.474. The maximum atomic E-state index is 8.07. The monoisotopic (exact) mass is 190 g/mol. The zero-order chi connectivity index (χ0) is 4.12. The van der Waals surface area contributed by atoms with Gasteiger partial charge in [0, 0.05) is 0 Å². The van der Waals surface area contributed by atoms with Crippen LogP contribution in [0, 0.1) is 0 Å². The van der Waals surface area contributed by atoms with Crippen molar-refractivity contribution >= 4 is 22.3 Å². The van der Waals surface area contributed by atoms with Crippen LogP contribution in [-0.4, -0.2) is 34.0 Å². The summed E-state index contributed by atoms with van der Waals surface area (Å²) < 4.78 is 1.14. The van der Waals surface area contributed by atoms with E-state index in [9.17, 15) is 0 Å². The molecule has 32 valence electrons. The second-order valence-electron chi connectivity index (χ2n) is 0.801. The van der Waals surface area contributed by atoms with Gasteiger partial charge in [0.25, 0.3) is 0 Å². The van der Waals surface area contributed by atoms with Crippen molar-refractivity contribution in [3.8, 4) is 0 Å². The first-order valence-electron chi connectivity index (χ1n) is 1.63. The normalized spacial score (nSPS) is 8.40. The molecule has 0 aliphatic rings. The molecule has 0 spiro atoms. The molecule has 0 saturated carbocycles. The Morgan fingerprint density at radius 1 is 1.60 bits per heavy atom. The van der Waals surface area contributed by atoms with E-state index in [-0.39, 0.29) is 0 Å². The Morgan fingerprint density at radius 2 is 2.20 bits per heavy atom. The van der Waals surface area contributed by atoms with Crippen LogP contribution in [0.3, 0.4) is 0 Å². The number of aliphatic hydroxyl groups is 1. The Kier molecular flexibility index (Phi) is 5.46. The van der Waals surface area contributed by atoms with Crippen LogP contribution in [0.15, 0.2) is 0 Å². The van der Waals surface area contributed by atoms with Crippen LogP contribution in [0.25, 0.3) is 0 Å². The fourth-order valence-electron chi connectivity index (χ4n) is 0.0707. The van der Waals surface area contributed by atoms with E-state index in [0.29, 0.717) is 6.61 Å². The Bertz CT molecular complexity index is 14.4. The Hall–Kier alpha value is 0.750. The Morgan fingerprint density at radius 3 is 2.20 bits per heavy atom. The molecule has 0 aliphatic carbocycles. The minimum absolute atomic E-state index is 0.356. The SMILES string of the molecule is OCCC[TeH]. The summed E-state index contributed by atoms with van der Waals surface area (Å²) in [7, 11) is 0. The van der Waals surface area contributed by atoms with Crippen molar-refractivity contribution in [2.24, 2.45) is 0 Å². The number of aliphatic hydroxyl groups excluding tert-OH is 1. The predicted octanol–water partition coefficient (Wildman–Crippen LogP) is -0.312. The van der Waals surface area contributed by atoms with E-state index in [4.69, 9.17) is 5.11 Å².